The number of nitrogens with zero attached hydrogens (tertiary/aromatic N) is 1. The van der Waals surface area contributed by atoms with Gasteiger partial charge in [-0.3, -0.25) is 9.69 Å². The molecule has 2 rings (SSSR count). The van der Waals surface area contributed by atoms with Gasteiger partial charge in [-0.05, 0) is 43.4 Å². The summed E-state index contributed by atoms with van der Waals surface area (Å²) in [5.41, 5.74) is 7.10. The fraction of sp³-hybridized carbons (Fsp3) is 0.562. The van der Waals surface area contributed by atoms with E-state index < -0.39 is 0 Å². The maximum atomic E-state index is 11.1. The fourth-order valence-corrected chi connectivity index (χ4v) is 2.38. The van der Waals surface area contributed by atoms with Crippen LogP contribution in [0.3, 0.4) is 0 Å². The first kappa shape index (κ1) is 14.1. The summed E-state index contributed by atoms with van der Waals surface area (Å²) < 4.78 is 0. The number of primary amides is 1. The van der Waals surface area contributed by atoms with Crippen LogP contribution in [0.25, 0.3) is 0 Å². The van der Waals surface area contributed by atoms with Gasteiger partial charge in [0.25, 0.3) is 0 Å². The van der Waals surface area contributed by atoms with Gasteiger partial charge in [-0.2, -0.15) is 0 Å². The number of amides is 1. The van der Waals surface area contributed by atoms with Gasteiger partial charge in [0, 0.05) is 24.2 Å². The van der Waals surface area contributed by atoms with E-state index in [0.717, 1.165) is 12.6 Å². The summed E-state index contributed by atoms with van der Waals surface area (Å²) in [7, 11) is 0. The summed E-state index contributed by atoms with van der Waals surface area (Å²) >= 11 is 0. The van der Waals surface area contributed by atoms with Crippen LogP contribution in [0.1, 0.15) is 49.5 Å². The molecule has 104 valence electrons. The van der Waals surface area contributed by atoms with Gasteiger partial charge < -0.3 is 5.73 Å². The minimum Gasteiger partial charge on any atom is -0.366 e. The van der Waals surface area contributed by atoms with E-state index in [1.807, 2.05) is 24.3 Å². The number of rotatable bonds is 6. The first-order valence-corrected chi connectivity index (χ1v) is 7.13. The molecule has 1 fully saturated rings. The highest BCUT2D eigenvalue weighted by atomic mass is 16.1. The average molecular weight is 260 g/mol. The maximum absolute atomic E-state index is 11.1. The molecule has 3 heteroatoms. The van der Waals surface area contributed by atoms with Gasteiger partial charge >= 0.3 is 0 Å². The molecule has 0 unspecified atom stereocenters. The van der Waals surface area contributed by atoms with Crippen LogP contribution in [0.2, 0.25) is 0 Å². The lowest BCUT2D eigenvalue weighted by Gasteiger charge is -2.32. The molecule has 0 aromatic heterocycles. The molecule has 1 amide bonds. The Hall–Kier alpha value is -1.35. The Kier molecular flexibility index (Phi) is 4.25. The minimum atomic E-state index is -0.360. The zero-order chi connectivity index (χ0) is 14.0. The molecule has 0 heterocycles. The second-order valence-electron chi connectivity index (χ2n) is 5.95. The molecule has 0 radical (unpaired) electrons. The summed E-state index contributed by atoms with van der Waals surface area (Å²) in [4.78, 5) is 13.6. The van der Waals surface area contributed by atoms with Gasteiger partial charge in [0.1, 0.15) is 0 Å². The van der Waals surface area contributed by atoms with Crippen molar-refractivity contribution in [3.8, 4) is 0 Å². The third-order valence-corrected chi connectivity index (χ3v) is 4.11. The van der Waals surface area contributed by atoms with Crippen LogP contribution in [0.4, 0.5) is 0 Å². The molecule has 19 heavy (non-hydrogen) atoms. The molecule has 1 saturated carbocycles. The molecule has 1 aliphatic rings. The van der Waals surface area contributed by atoms with Crippen LogP contribution in [0.15, 0.2) is 24.3 Å². The van der Waals surface area contributed by atoms with Gasteiger partial charge in [-0.1, -0.05) is 26.0 Å². The van der Waals surface area contributed by atoms with Gasteiger partial charge in [0.15, 0.2) is 0 Å². The van der Waals surface area contributed by atoms with E-state index in [1.54, 1.807) is 0 Å². The van der Waals surface area contributed by atoms with Crippen molar-refractivity contribution < 1.29 is 4.79 Å². The summed E-state index contributed by atoms with van der Waals surface area (Å²) in [5, 5.41) is 0. The van der Waals surface area contributed by atoms with Gasteiger partial charge in [-0.25, -0.2) is 0 Å². The van der Waals surface area contributed by atoms with Crippen molar-refractivity contribution in [2.45, 2.75) is 52.2 Å². The first-order chi connectivity index (χ1) is 8.99. The van der Waals surface area contributed by atoms with Gasteiger partial charge in [0.2, 0.25) is 5.91 Å². The average Bonchev–Trinajstić information content (AvgIpc) is 3.19. The van der Waals surface area contributed by atoms with E-state index in [2.05, 4.69) is 25.7 Å². The Balaban J connectivity index is 2.06. The standard InChI is InChI=1S/C16H24N2O/c1-11(2)12(3)18(15-8-9-15)10-13-4-6-14(7-5-13)16(17)19/h4-7,11-12,15H,8-10H2,1-3H3,(H2,17,19)/t12-/m0/s1. The predicted octanol–water partition coefficient (Wildman–Crippen LogP) is 2.79. The van der Waals surface area contributed by atoms with Crippen molar-refractivity contribution in [2.24, 2.45) is 11.7 Å². The van der Waals surface area contributed by atoms with Crippen LogP contribution >= 0.6 is 0 Å². The van der Waals surface area contributed by atoms with Crippen LogP contribution < -0.4 is 5.73 Å². The van der Waals surface area contributed by atoms with E-state index in [4.69, 9.17) is 5.73 Å². The smallest absolute Gasteiger partial charge is 0.248 e. The Labute approximate surface area is 115 Å². The molecular weight excluding hydrogens is 236 g/mol. The fourth-order valence-electron chi connectivity index (χ4n) is 2.38. The molecule has 3 nitrogen and oxygen atoms in total. The monoisotopic (exact) mass is 260 g/mol. The van der Waals surface area contributed by atoms with Crippen molar-refractivity contribution >= 4 is 5.91 Å². The Morgan fingerprint density at radius 3 is 2.26 bits per heavy atom. The highest BCUT2D eigenvalue weighted by molar-refractivity contribution is 5.92. The molecule has 0 aliphatic heterocycles. The zero-order valence-electron chi connectivity index (χ0n) is 12.1. The van der Waals surface area contributed by atoms with E-state index in [1.165, 1.54) is 18.4 Å². The van der Waals surface area contributed by atoms with Gasteiger partial charge in [-0.15, -0.1) is 0 Å². The van der Waals surface area contributed by atoms with Crippen molar-refractivity contribution in [2.75, 3.05) is 0 Å². The van der Waals surface area contributed by atoms with Crippen LogP contribution in [0, 0.1) is 5.92 Å². The number of benzene rings is 1. The first-order valence-electron chi connectivity index (χ1n) is 7.13. The van der Waals surface area contributed by atoms with Crippen molar-refractivity contribution in [1.82, 2.24) is 4.90 Å². The lowest BCUT2D eigenvalue weighted by molar-refractivity contribution is 0.1000. The van der Waals surface area contributed by atoms with Crippen molar-refractivity contribution in [3.63, 3.8) is 0 Å². The molecule has 0 bridgehead atoms. The van der Waals surface area contributed by atoms with Gasteiger partial charge in [0.05, 0.1) is 0 Å². The van der Waals surface area contributed by atoms with E-state index in [9.17, 15) is 4.79 Å². The second kappa shape index (κ2) is 5.74. The number of carbonyl (C=O) groups is 1. The number of nitrogens with two attached hydrogens (primary N) is 1. The van der Waals surface area contributed by atoms with E-state index >= 15 is 0 Å². The highest BCUT2D eigenvalue weighted by Crippen LogP contribution is 2.32. The SMILES string of the molecule is CC(C)[C@H](C)N(Cc1ccc(C(N)=O)cc1)C1CC1. The Bertz CT molecular complexity index is 435. The summed E-state index contributed by atoms with van der Waals surface area (Å²) in [6.45, 7) is 7.82. The normalized spacial score (nSPS) is 16.9. The summed E-state index contributed by atoms with van der Waals surface area (Å²) in [5.74, 6) is 0.298. The number of carbonyl (C=O) groups excluding carboxylic acids is 1. The van der Waals surface area contributed by atoms with Crippen LogP contribution in [-0.2, 0) is 6.54 Å². The lowest BCUT2D eigenvalue weighted by Crippen LogP contribution is -2.37. The molecule has 1 aromatic carbocycles. The topological polar surface area (TPSA) is 46.3 Å². The molecule has 0 saturated heterocycles. The molecular formula is C16H24N2O. The molecule has 1 atom stereocenters. The largest absolute Gasteiger partial charge is 0.366 e. The molecule has 2 N–H and O–H groups in total. The Morgan fingerprint density at radius 2 is 1.84 bits per heavy atom. The van der Waals surface area contributed by atoms with E-state index in [-0.39, 0.29) is 5.91 Å². The number of hydrogen-bond acceptors (Lipinski definition) is 2. The predicted molar refractivity (Wildman–Crippen MR) is 77.8 cm³/mol. The van der Waals surface area contributed by atoms with Crippen molar-refractivity contribution in [3.05, 3.63) is 35.4 Å². The second-order valence-corrected chi connectivity index (χ2v) is 5.95. The maximum Gasteiger partial charge on any atom is 0.248 e. The third-order valence-electron chi connectivity index (χ3n) is 4.11. The van der Waals surface area contributed by atoms with Crippen LogP contribution in [-0.4, -0.2) is 22.9 Å². The summed E-state index contributed by atoms with van der Waals surface area (Å²) in [6, 6.07) is 9.01. The van der Waals surface area contributed by atoms with Crippen molar-refractivity contribution in [1.29, 1.82) is 0 Å². The van der Waals surface area contributed by atoms with Crippen LogP contribution in [0.5, 0.6) is 0 Å². The summed E-state index contributed by atoms with van der Waals surface area (Å²) in [6.07, 6.45) is 2.63. The Morgan fingerprint density at radius 1 is 1.26 bits per heavy atom. The lowest BCUT2D eigenvalue weighted by atomic mass is 10.0. The quantitative estimate of drug-likeness (QED) is 0.855. The third kappa shape index (κ3) is 3.57. The molecule has 1 aromatic rings. The highest BCUT2D eigenvalue weighted by Gasteiger charge is 2.33. The molecule has 0 spiro atoms. The minimum absolute atomic E-state index is 0.360. The molecule has 1 aliphatic carbocycles. The zero-order valence-corrected chi connectivity index (χ0v) is 12.1. The van der Waals surface area contributed by atoms with E-state index in [0.29, 0.717) is 17.5 Å². The number of hydrogen-bond donors (Lipinski definition) is 1.